The first kappa shape index (κ1) is 15.7. The Morgan fingerprint density at radius 1 is 1.37 bits per heavy atom. The molecule has 0 amide bonds. The van der Waals surface area contributed by atoms with Crippen LogP contribution in [-0.4, -0.2) is 48.5 Å². The molecule has 0 atom stereocenters. The highest BCUT2D eigenvalue weighted by molar-refractivity contribution is 7.80. The van der Waals surface area contributed by atoms with E-state index in [-0.39, 0.29) is 6.61 Å². The van der Waals surface area contributed by atoms with E-state index in [4.69, 9.17) is 22.1 Å². The maximum atomic E-state index is 8.93. The van der Waals surface area contributed by atoms with Gasteiger partial charge in [-0.1, -0.05) is 12.1 Å². The van der Waals surface area contributed by atoms with Gasteiger partial charge in [0.05, 0.1) is 13.7 Å². The number of benzene rings is 1. The maximum Gasteiger partial charge on any atom is 0.169 e. The average molecular weight is 282 g/mol. The standard InChI is InChI=1S/C14H22N2O2S/c1-3-16(10-11-17)14(19)15-9-8-12-4-6-13(18-2)7-5-12/h4-7,17H,3,8-11H2,1-2H3,(H,15,19). The smallest absolute Gasteiger partial charge is 0.169 e. The van der Waals surface area contributed by atoms with Crippen LogP contribution in [0.4, 0.5) is 0 Å². The van der Waals surface area contributed by atoms with Crippen LogP contribution in [0.25, 0.3) is 0 Å². The number of aliphatic hydroxyl groups is 1. The zero-order chi connectivity index (χ0) is 14.1. The van der Waals surface area contributed by atoms with Gasteiger partial charge in [-0.15, -0.1) is 0 Å². The van der Waals surface area contributed by atoms with Crippen molar-refractivity contribution >= 4 is 17.3 Å². The second-order valence-corrected chi connectivity index (χ2v) is 4.52. The van der Waals surface area contributed by atoms with E-state index in [0.717, 1.165) is 25.3 Å². The summed E-state index contributed by atoms with van der Waals surface area (Å²) in [5.41, 5.74) is 1.24. The van der Waals surface area contributed by atoms with Crippen molar-refractivity contribution in [2.24, 2.45) is 0 Å². The summed E-state index contributed by atoms with van der Waals surface area (Å²) in [7, 11) is 1.66. The molecule has 2 N–H and O–H groups in total. The Balaban J connectivity index is 2.34. The highest BCUT2D eigenvalue weighted by Crippen LogP contribution is 2.11. The summed E-state index contributed by atoms with van der Waals surface area (Å²) < 4.78 is 5.12. The van der Waals surface area contributed by atoms with Crippen LogP contribution in [0.15, 0.2) is 24.3 Å². The van der Waals surface area contributed by atoms with E-state index in [1.165, 1.54) is 5.56 Å². The monoisotopic (exact) mass is 282 g/mol. The first-order valence-corrected chi connectivity index (χ1v) is 6.88. The molecule has 1 aromatic carbocycles. The Morgan fingerprint density at radius 2 is 2.05 bits per heavy atom. The molecule has 0 aliphatic rings. The minimum absolute atomic E-state index is 0.119. The van der Waals surface area contributed by atoms with Gasteiger partial charge in [-0.3, -0.25) is 0 Å². The van der Waals surface area contributed by atoms with Crippen LogP contribution in [0.1, 0.15) is 12.5 Å². The lowest BCUT2D eigenvalue weighted by Crippen LogP contribution is -2.41. The number of hydrogen-bond donors (Lipinski definition) is 2. The number of nitrogens with zero attached hydrogens (tertiary/aromatic N) is 1. The molecule has 0 saturated heterocycles. The Kier molecular flexibility index (Phi) is 7.22. The highest BCUT2D eigenvalue weighted by atomic mass is 32.1. The number of hydrogen-bond acceptors (Lipinski definition) is 3. The van der Waals surface area contributed by atoms with E-state index < -0.39 is 0 Å². The predicted molar refractivity (Wildman–Crippen MR) is 81.6 cm³/mol. The van der Waals surface area contributed by atoms with Crippen molar-refractivity contribution in [1.82, 2.24) is 10.2 Å². The van der Waals surface area contributed by atoms with Crippen molar-refractivity contribution in [3.63, 3.8) is 0 Å². The number of aliphatic hydroxyl groups excluding tert-OH is 1. The Morgan fingerprint density at radius 3 is 2.58 bits per heavy atom. The molecule has 0 saturated carbocycles. The normalized spacial score (nSPS) is 10.1. The predicted octanol–water partition coefficient (Wildman–Crippen LogP) is 1.43. The van der Waals surface area contributed by atoms with Crippen molar-refractivity contribution < 1.29 is 9.84 Å². The van der Waals surface area contributed by atoms with Crippen LogP contribution in [0.5, 0.6) is 5.75 Å². The fraction of sp³-hybridized carbons (Fsp3) is 0.500. The summed E-state index contributed by atoms with van der Waals surface area (Å²) in [5.74, 6) is 0.868. The van der Waals surface area contributed by atoms with Crippen molar-refractivity contribution in [2.75, 3.05) is 33.4 Å². The first-order valence-electron chi connectivity index (χ1n) is 6.47. The zero-order valence-electron chi connectivity index (χ0n) is 11.6. The SMILES string of the molecule is CCN(CCO)C(=S)NCCc1ccc(OC)cc1. The average Bonchev–Trinajstić information content (AvgIpc) is 2.45. The molecule has 0 bridgehead atoms. The van der Waals surface area contributed by atoms with Gasteiger partial charge in [-0.05, 0) is 43.3 Å². The van der Waals surface area contributed by atoms with Gasteiger partial charge in [0.1, 0.15) is 5.75 Å². The highest BCUT2D eigenvalue weighted by Gasteiger charge is 2.05. The van der Waals surface area contributed by atoms with Crippen molar-refractivity contribution in [3.05, 3.63) is 29.8 Å². The van der Waals surface area contributed by atoms with Crippen molar-refractivity contribution in [2.45, 2.75) is 13.3 Å². The van der Waals surface area contributed by atoms with Gasteiger partial charge < -0.3 is 20.1 Å². The molecule has 19 heavy (non-hydrogen) atoms. The van der Waals surface area contributed by atoms with Crippen LogP contribution in [0.2, 0.25) is 0 Å². The second kappa shape index (κ2) is 8.72. The fourth-order valence-corrected chi connectivity index (χ4v) is 2.06. The molecular formula is C14H22N2O2S. The third kappa shape index (κ3) is 5.44. The van der Waals surface area contributed by atoms with Crippen LogP contribution in [0.3, 0.4) is 0 Å². The number of thiocarbonyl (C=S) groups is 1. The molecule has 0 aromatic heterocycles. The molecule has 0 spiro atoms. The number of rotatable bonds is 7. The van der Waals surface area contributed by atoms with E-state index in [0.29, 0.717) is 11.7 Å². The lowest BCUT2D eigenvalue weighted by atomic mass is 10.1. The molecule has 5 heteroatoms. The maximum absolute atomic E-state index is 8.93. The third-order valence-corrected chi connectivity index (χ3v) is 3.29. The Labute approximate surface area is 120 Å². The van der Waals surface area contributed by atoms with E-state index in [1.54, 1.807) is 7.11 Å². The zero-order valence-corrected chi connectivity index (χ0v) is 12.4. The van der Waals surface area contributed by atoms with E-state index in [1.807, 2.05) is 24.0 Å². The minimum Gasteiger partial charge on any atom is -0.497 e. The van der Waals surface area contributed by atoms with Gasteiger partial charge in [-0.2, -0.15) is 0 Å². The van der Waals surface area contributed by atoms with Gasteiger partial charge in [0.25, 0.3) is 0 Å². The minimum atomic E-state index is 0.119. The fourth-order valence-electron chi connectivity index (χ4n) is 1.74. The van der Waals surface area contributed by atoms with Gasteiger partial charge in [0, 0.05) is 19.6 Å². The van der Waals surface area contributed by atoms with E-state index in [9.17, 15) is 0 Å². The number of likely N-dealkylation sites (N-methyl/N-ethyl adjacent to an activating group) is 1. The van der Waals surface area contributed by atoms with Crippen LogP contribution < -0.4 is 10.1 Å². The summed E-state index contributed by atoms with van der Waals surface area (Å²) in [4.78, 5) is 1.95. The largest absolute Gasteiger partial charge is 0.497 e. The van der Waals surface area contributed by atoms with Crippen LogP contribution >= 0.6 is 12.2 Å². The molecule has 106 valence electrons. The topological polar surface area (TPSA) is 44.7 Å². The van der Waals surface area contributed by atoms with Gasteiger partial charge in [0.15, 0.2) is 5.11 Å². The van der Waals surface area contributed by atoms with E-state index >= 15 is 0 Å². The van der Waals surface area contributed by atoms with Crippen molar-refractivity contribution in [3.8, 4) is 5.75 Å². The summed E-state index contributed by atoms with van der Waals surface area (Å²) in [6.45, 7) is 4.30. The Hall–Kier alpha value is -1.33. The molecule has 0 aliphatic carbocycles. The van der Waals surface area contributed by atoms with Gasteiger partial charge >= 0.3 is 0 Å². The van der Waals surface area contributed by atoms with Crippen LogP contribution in [0, 0.1) is 0 Å². The lowest BCUT2D eigenvalue weighted by molar-refractivity contribution is 0.252. The second-order valence-electron chi connectivity index (χ2n) is 4.13. The van der Waals surface area contributed by atoms with Gasteiger partial charge in [-0.25, -0.2) is 0 Å². The number of methoxy groups -OCH3 is 1. The molecule has 1 rings (SSSR count). The first-order chi connectivity index (χ1) is 9.21. The summed E-state index contributed by atoms with van der Waals surface area (Å²) in [6, 6.07) is 8.01. The van der Waals surface area contributed by atoms with Crippen molar-refractivity contribution in [1.29, 1.82) is 0 Å². The number of ether oxygens (including phenoxy) is 1. The Bertz CT molecular complexity index is 382. The van der Waals surface area contributed by atoms with Gasteiger partial charge in [0.2, 0.25) is 0 Å². The molecule has 0 fully saturated rings. The molecule has 1 aromatic rings. The van der Waals surface area contributed by atoms with E-state index in [2.05, 4.69) is 17.4 Å². The summed E-state index contributed by atoms with van der Waals surface area (Å²) in [5, 5.41) is 12.8. The molecule has 0 heterocycles. The lowest BCUT2D eigenvalue weighted by Gasteiger charge is -2.23. The molecule has 0 unspecified atom stereocenters. The third-order valence-electron chi connectivity index (χ3n) is 2.89. The molecular weight excluding hydrogens is 260 g/mol. The van der Waals surface area contributed by atoms with Crippen LogP contribution in [-0.2, 0) is 6.42 Å². The molecule has 0 radical (unpaired) electrons. The molecule has 0 aliphatic heterocycles. The summed E-state index contributed by atoms with van der Waals surface area (Å²) >= 11 is 5.28. The molecule has 4 nitrogen and oxygen atoms in total. The summed E-state index contributed by atoms with van der Waals surface area (Å²) in [6.07, 6.45) is 0.904. The number of nitrogens with one attached hydrogen (secondary N) is 1. The quantitative estimate of drug-likeness (QED) is 0.741.